The molecule has 1 atom stereocenters. The molecule has 2 nitrogen and oxygen atoms in total. The molecule has 0 fully saturated rings. The molecule has 1 aromatic rings. The van der Waals surface area contributed by atoms with Crippen LogP contribution >= 0.6 is 0 Å². The molecule has 1 aromatic carbocycles. The lowest BCUT2D eigenvalue weighted by molar-refractivity contribution is 0.332. The van der Waals surface area contributed by atoms with Crippen molar-refractivity contribution in [2.75, 3.05) is 13.2 Å². The average molecular weight is 249 g/mol. The number of hydrogen-bond acceptors (Lipinski definition) is 2. The summed E-state index contributed by atoms with van der Waals surface area (Å²) in [5, 5.41) is 3.57. The summed E-state index contributed by atoms with van der Waals surface area (Å²) in [7, 11) is 0. The molecule has 0 amide bonds. The van der Waals surface area contributed by atoms with Crippen LogP contribution < -0.4 is 10.1 Å². The van der Waals surface area contributed by atoms with E-state index in [4.69, 9.17) is 4.74 Å². The Morgan fingerprint density at radius 1 is 1.17 bits per heavy atom. The SMILES string of the molecule is CCOc1ccccc1C(C)NCCCC(C)C. The number of para-hydroxylation sites is 1. The molecule has 2 heteroatoms. The minimum atomic E-state index is 0.347. The van der Waals surface area contributed by atoms with Gasteiger partial charge >= 0.3 is 0 Å². The van der Waals surface area contributed by atoms with E-state index < -0.39 is 0 Å². The fraction of sp³-hybridized carbons (Fsp3) is 0.625. The molecular formula is C16H27NO. The van der Waals surface area contributed by atoms with E-state index in [0.717, 1.165) is 24.8 Å². The summed E-state index contributed by atoms with van der Waals surface area (Å²) in [6.45, 7) is 10.6. The zero-order valence-corrected chi connectivity index (χ0v) is 12.2. The topological polar surface area (TPSA) is 21.3 Å². The first-order valence-electron chi connectivity index (χ1n) is 7.10. The minimum Gasteiger partial charge on any atom is -0.494 e. The molecule has 0 aromatic heterocycles. The molecule has 0 bridgehead atoms. The van der Waals surface area contributed by atoms with E-state index in [1.165, 1.54) is 18.4 Å². The molecule has 0 spiro atoms. The monoisotopic (exact) mass is 249 g/mol. The van der Waals surface area contributed by atoms with Crippen molar-refractivity contribution in [1.82, 2.24) is 5.32 Å². The van der Waals surface area contributed by atoms with Crippen LogP contribution in [-0.2, 0) is 0 Å². The Morgan fingerprint density at radius 2 is 1.89 bits per heavy atom. The first-order chi connectivity index (χ1) is 8.65. The summed E-state index contributed by atoms with van der Waals surface area (Å²) in [5.41, 5.74) is 1.25. The molecule has 0 saturated heterocycles. The Kier molecular flexibility index (Phi) is 6.81. The van der Waals surface area contributed by atoms with Gasteiger partial charge in [-0.25, -0.2) is 0 Å². The zero-order chi connectivity index (χ0) is 13.4. The summed E-state index contributed by atoms with van der Waals surface area (Å²) in [6, 6.07) is 8.64. The molecule has 0 saturated carbocycles. The molecule has 0 aliphatic heterocycles. The fourth-order valence-electron chi connectivity index (χ4n) is 2.06. The van der Waals surface area contributed by atoms with Gasteiger partial charge < -0.3 is 10.1 Å². The summed E-state index contributed by atoms with van der Waals surface area (Å²) in [6.07, 6.45) is 2.52. The van der Waals surface area contributed by atoms with Crippen LogP contribution in [0, 0.1) is 5.92 Å². The standard InChI is InChI=1S/C16H27NO/c1-5-18-16-11-7-6-10-15(16)14(4)17-12-8-9-13(2)3/h6-7,10-11,13-14,17H,5,8-9,12H2,1-4H3. The van der Waals surface area contributed by atoms with Crippen LogP contribution in [0.2, 0.25) is 0 Å². The van der Waals surface area contributed by atoms with E-state index in [9.17, 15) is 0 Å². The van der Waals surface area contributed by atoms with E-state index in [0.29, 0.717) is 6.04 Å². The molecule has 1 rings (SSSR count). The lowest BCUT2D eigenvalue weighted by Gasteiger charge is -2.18. The van der Waals surface area contributed by atoms with Crippen LogP contribution in [0.1, 0.15) is 52.1 Å². The van der Waals surface area contributed by atoms with Crippen molar-refractivity contribution in [3.8, 4) is 5.75 Å². The molecular weight excluding hydrogens is 222 g/mol. The van der Waals surface area contributed by atoms with E-state index in [1.807, 2.05) is 19.1 Å². The Labute approximate surface area is 112 Å². The normalized spacial score (nSPS) is 12.7. The first-order valence-corrected chi connectivity index (χ1v) is 7.10. The lowest BCUT2D eigenvalue weighted by Crippen LogP contribution is -2.20. The van der Waals surface area contributed by atoms with Gasteiger partial charge in [-0.2, -0.15) is 0 Å². The number of hydrogen-bond donors (Lipinski definition) is 1. The second-order valence-corrected chi connectivity index (χ2v) is 5.18. The highest BCUT2D eigenvalue weighted by Crippen LogP contribution is 2.24. The van der Waals surface area contributed by atoms with E-state index in [-0.39, 0.29) is 0 Å². The molecule has 1 unspecified atom stereocenters. The van der Waals surface area contributed by atoms with Gasteiger partial charge in [0.2, 0.25) is 0 Å². The van der Waals surface area contributed by atoms with Gasteiger partial charge in [0, 0.05) is 11.6 Å². The molecule has 0 aliphatic carbocycles. The maximum Gasteiger partial charge on any atom is 0.124 e. The van der Waals surface area contributed by atoms with Crippen molar-refractivity contribution < 1.29 is 4.74 Å². The number of benzene rings is 1. The Bertz CT molecular complexity index is 336. The molecule has 0 heterocycles. The van der Waals surface area contributed by atoms with Gasteiger partial charge in [-0.15, -0.1) is 0 Å². The third kappa shape index (κ3) is 5.09. The second-order valence-electron chi connectivity index (χ2n) is 5.18. The number of nitrogens with one attached hydrogen (secondary N) is 1. The van der Waals surface area contributed by atoms with Crippen molar-refractivity contribution in [1.29, 1.82) is 0 Å². The smallest absolute Gasteiger partial charge is 0.124 e. The van der Waals surface area contributed by atoms with Crippen LogP contribution in [0.5, 0.6) is 5.75 Å². The highest BCUT2D eigenvalue weighted by Gasteiger charge is 2.10. The molecule has 102 valence electrons. The summed E-state index contributed by atoms with van der Waals surface area (Å²) in [5.74, 6) is 1.79. The van der Waals surface area contributed by atoms with Crippen LogP contribution in [0.25, 0.3) is 0 Å². The van der Waals surface area contributed by atoms with Gasteiger partial charge in [0.25, 0.3) is 0 Å². The van der Waals surface area contributed by atoms with E-state index in [2.05, 4.69) is 38.2 Å². The highest BCUT2D eigenvalue weighted by atomic mass is 16.5. The highest BCUT2D eigenvalue weighted by molar-refractivity contribution is 5.35. The third-order valence-electron chi connectivity index (χ3n) is 3.09. The molecule has 18 heavy (non-hydrogen) atoms. The van der Waals surface area contributed by atoms with Gasteiger partial charge in [0.15, 0.2) is 0 Å². The Hall–Kier alpha value is -1.02. The average Bonchev–Trinajstić information content (AvgIpc) is 2.35. The van der Waals surface area contributed by atoms with Crippen molar-refractivity contribution in [2.45, 2.75) is 46.6 Å². The maximum absolute atomic E-state index is 5.66. The fourth-order valence-corrected chi connectivity index (χ4v) is 2.06. The van der Waals surface area contributed by atoms with Gasteiger partial charge in [-0.05, 0) is 45.2 Å². The Morgan fingerprint density at radius 3 is 2.56 bits per heavy atom. The van der Waals surface area contributed by atoms with Crippen molar-refractivity contribution in [2.24, 2.45) is 5.92 Å². The third-order valence-corrected chi connectivity index (χ3v) is 3.09. The molecule has 0 aliphatic rings. The predicted octanol–water partition coefficient (Wildman–Crippen LogP) is 4.17. The van der Waals surface area contributed by atoms with Crippen molar-refractivity contribution >= 4 is 0 Å². The van der Waals surface area contributed by atoms with Gasteiger partial charge in [0.05, 0.1) is 6.61 Å². The minimum absolute atomic E-state index is 0.347. The van der Waals surface area contributed by atoms with Gasteiger partial charge in [0.1, 0.15) is 5.75 Å². The largest absolute Gasteiger partial charge is 0.494 e. The van der Waals surface area contributed by atoms with Gasteiger partial charge in [-0.3, -0.25) is 0 Å². The Balaban J connectivity index is 2.47. The van der Waals surface area contributed by atoms with Crippen molar-refractivity contribution in [3.63, 3.8) is 0 Å². The van der Waals surface area contributed by atoms with Crippen molar-refractivity contribution in [3.05, 3.63) is 29.8 Å². The molecule has 1 N–H and O–H groups in total. The van der Waals surface area contributed by atoms with Crippen LogP contribution in [0.15, 0.2) is 24.3 Å². The van der Waals surface area contributed by atoms with E-state index in [1.54, 1.807) is 0 Å². The second kappa shape index (κ2) is 8.15. The number of rotatable bonds is 8. The van der Waals surface area contributed by atoms with Gasteiger partial charge in [-0.1, -0.05) is 32.0 Å². The maximum atomic E-state index is 5.66. The summed E-state index contributed by atoms with van der Waals surface area (Å²) < 4.78 is 5.66. The lowest BCUT2D eigenvalue weighted by atomic mass is 10.1. The van der Waals surface area contributed by atoms with Crippen LogP contribution in [0.4, 0.5) is 0 Å². The first kappa shape index (κ1) is 15.0. The number of ether oxygens (including phenoxy) is 1. The van der Waals surface area contributed by atoms with E-state index >= 15 is 0 Å². The molecule has 0 radical (unpaired) electrons. The van der Waals surface area contributed by atoms with Crippen LogP contribution in [-0.4, -0.2) is 13.2 Å². The summed E-state index contributed by atoms with van der Waals surface area (Å²) >= 11 is 0. The summed E-state index contributed by atoms with van der Waals surface area (Å²) in [4.78, 5) is 0. The zero-order valence-electron chi connectivity index (χ0n) is 12.2. The quantitative estimate of drug-likeness (QED) is 0.698. The predicted molar refractivity (Wildman–Crippen MR) is 78.1 cm³/mol. The van der Waals surface area contributed by atoms with Crippen LogP contribution in [0.3, 0.4) is 0 Å².